The van der Waals surface area contributed by atoms with Crippen LogP contribution in [-0.4, -0.2) is 4.57 Å². The van der Waals surface area contributed by atoms with Crippen LogP contribution in [0.3, 0.4) is 0 Å². The third kappa shape index (κ3) is 2.49. The molecule has 22 heavy (non-hydrogen) atoms. The van der Waals surface area contributed by atoms with Gasteiger partial charge in [0, 0.05) is 11.8 Å². The highest BCUT2D eigenvalue weighted by molar-refractivity contribution is 6.30. The van der Waals surface area contributed by atoms with Crippen LogP contribution >= 0.6 is 11.6 Å². The fourth-order valence-electron chi connectivity index (χ4n) is 2.26. The van der Waals surface area contributed by atoms with Crippen molar-refractivity contribution in [1.82, 2.24) is 4.57 Å². The fourth-order valence-corrected chi connectivity index (χ4v) is 2.38. The Kier molecular flexibility index (Phi) is 3.69. The van der Waals surface area contributed by atoms with Gasteiger partial charge < -0.3 is 5.73 Å². The van der Waals surface area contributed by atoms with E-state index in [9.17, 15) is 9.18 Å². The number of rotatable bonds is 2. The number of pyridine rings is 1. The van der Waals surface area contributed by atoms with Gasteiger partial charge in [0.05, 0.1) is 10.7 Å². The molecule has 3 nitrogen and oxygen atoms in total. The molecule has 0 bridgehead atoms. The molecule has 0 atom stereocenters. The molecule has 0 spiro atoms. The minimum Gasteiger partial charge on any atom is -0.394 e. The Balaban J connectivity index is 2.15. The van der Waals surface area contributed by atoms with Crippen molar-refractivity contribution in [2.75, 3.05) is 5.73 Å². The summed E-state index contributed by atoms with van der Waals surface area (Å²) in [6, 6.07) is 15.3. The van der Waals surface area contributed by atoms with Gasteiger partial charge in [0.1, 0.15) is 11.5 Å². The van der Waals surface area contributed by atoms with E-state index >= 15 is 0 Å². The summed E-state index contributed by atoms with van der Waals surface area (Å²) < 4.78 is 14.9. The molecule has 1 aromatic heterocycles. The Hall–Kier alpha value is -2.59. The van der Waals surface area contributed by atoms with Crippen molar-refractivity contribution in [3.63, 3.8) is 0 Å². The standard InChI is InChI=1S/C17H12ClFN2O/c18-14-7-6-12(10-15(14)19)21-9-8-13(16(20)17(21)22)11-4-2-1-3-5-11/h1-10H,20H2. The zero-order valence-electron chi connectivity index (χ0n) is 11.5. The normalized spacial score (nSPS) is 10.6. The number of anilines is 1. The Morgan fingerprint density at radius 3 is 2.45 bits per heavy atom. The van der Waals surface area contributed by atoms with Crippen molar-refractivity contribution >= 4 is 17.3 Å². The summed E-state index contributed by atoms with van der Waals surface area (Å²) in [6.07, 6.45) is 1.57. The van der Waals surface area contributed by atoms with Gasteiger partial charge in [-0.25, -0.2) is 4.39 Å². The van der Waals surface area contributed by atoms with Crippen LogP contribution in [-0.2, 0) is 0 Å². The van der Waals surface area contributed by atoms with E-state index in [1.807, 2.05) is 30.3 Å². The molecule has 0 unspecified atom stereocenters. The molecule has 5 heteroatoms. The largest absolute Gasteiger partial charge is 0.394 e. The van der Waals surface area contributed by atoms with E-state index in [1.54, 1.807) is 18.3 Å². The quantitative estimate of drug-likeness (QED) is 0.780. The zero-order chi connectivity index (χ0) is 15.7. The summed E-state index contributed by atoms with van der Waals surface area (Å²) in [4.78, 5) is 12.4. The molecular weight excluding hydrogens is 303 g/mol. The van der Waals surface area contributed by atoms with Gasteiger partial charge >= 0.3 is 0 Å². The first-order valence-corrected chi connectivity index (χ1v) is 6.97. The van der Waals surface area contributed by atoms with Crippen molar-refractivity contribution in [3.8, 4) is 16.8 Å². The third-order valence-electron chi connectivity index (χ3n) is 3.40. The number of nitrogen functional groups attached to an aromatic ring is 1. The van der Waals surface area contributed by atoms with E-state index in [2.05, 4.69) is 0 Å². The Labute approximate surface area is 131 Å². The van der Waals surface area contributed by atoms with Gasteiger partial charge in [0.25, 0.3) is 5.56 Å². The minimum atomic E-state index is -0.586. The van der Waals surface area contributed by atoms with Crippen LogP contribution in [0.25, 0.3) is 16.8 Å². The lowest BCUT2D eigenvalue weighted by atomic mass is 10.1. The highest BCUT2D eigenvalue weighted by atomic mass is 35.5. The molecule has 0 aliphatic heterocycles. The van der Waals surface area contributed by atoms with Gasteiger partial charge in [0.2, 0.25) is 0 Å². The molecule has 1 heterocycles. The second kappa shape index (κ2) is 5.66. The number of aromatic nitrogens is 1. The summed E-state index contributed by atoms with van der Waals surface area (Å²) in [5.41, 5.74) is 7.56. The molecule has 3 rings (SSSR count). The monoisotopic (exact) mass is 314 g/mol. The second-order valence-corrected chi connectivity index (χ2v) is 5.19. The van der Waals surface area contributed by atoms with Gasteiger partial charge in [0.15, 0.2) is 0 Å². The number of nitrogens with two attached hydrogens (primary N) is 1. The van der Waals surface area contributed by atoms with Crippen LogP contribution in [0.4, 0.5) is 10.1 Å². The predicted molar refractivity (Wildman–Crippen MR) is 86.9 cm³/mol. The molecule has 110 valence electrons. The first-order valence-electron chi connectivity index (χ1n) is 6.60. The molecule has 0 radical (unpaired) electrons. The van der Waals surface area contributed by atoms with Gasteiger partial charge in [-0.2, -0.15) is 0 Å². The highest BCUT2D eigenvalue weighted by Crippen LogP contribution is 2.24. The SMILES string of the molecule is Nc1c(-c2ccccc2)ccn(-c2ccc(Cl)c(F)c2)c1=O. The van der Waals surface area contributed by atoms with E-state index in [0.717, 1.165) is 5.56 Å². The number of halogens is 2. The van der Waals surface area contributed by atoms with Crippen molar-refractivity contribution in [2.24, 2.45) is 0 Å². The van der Waals surface area contributed by atoms with Gasteiger partial charge in [-0.3, -0.25) is 9.36 Å². The van der Waals surface area contributed by atoms with E-state index in [4.69, 9.17) is 17.3 Å². The summed E-state index contributed by atoms with van der Waals surface area (Å²) in [5.74, 6) is -0.586. The average Bonchev–Trinajstić information content (AvgIpc) is 2.54. The lowest BCUT2D eigenvalue weighted by molar-refractivity contribution is 0.627. The minimum absolute atomic E-state index is 0.00526. The summed E-state index contributed by atoms with van der Waals surface area (Å²) >= 11 is 5.66. The number of hydrogen-bond acceptors (Lipinski definition) is 2. The van der Waals surface area contributed by atoms with Gasteiger partial charge in [-0.1, -0.05) is 41.9 Å². The number of benzene rings is 2. The molecule has 3 aromatic rings. The van der Waals surface area contributed by atoms with E-state index in [-0.39, 0.29) is 10.7 Å². The zero-order valence-corrected chi connectivity index (χ0v) is 12.2. The van der Waals surface area contributed by atoms with E-state index in [1.165, 1.54) is 16.7 Å². The van der Waals surface area contributed by atoms with Crippen LogP contribution in [0.5, 0.6) is 0 Å². The van der Waals surface area contributed by atoms with Gasteiger partial charge in [-0.05, 0) is 29.8 Å². The Morgan fingerprint density at radius 2 is 1.77 bits per heavy atom. The smallest absolute Gasteiger partial charge is 0.278 e. The Morgan fingerprint density at radius 1 is 1.05 bits per heavy atom. The Bertz CT molecular complexity index is 891. The first kappa shape index (κ1) is 14.4. The second-order valence-electron chi connectivity index (χ2n) is 4.78. The van der Waals surface area contributed by atoms with Crippen molar-refractivity contribution in [2.45, 2.75) is 0 Å². The molecule has 0 aliphatic carbocycles. The fraction of sp³-hybridized carbons (Fsp3) is 0. The van der Waals surface area contributed by atoms with Crippen LogP contribution in [0.2, 0.25) is 5.02 Å². The van der Waals surface area contributed by atoms with Crippen molar-refractivity contribution < 1.29 is 4.39 Å². The van der Waals surface area contributed by atoms with E-state index in [0.29, 0.717) is 11.3 Å². The topological polar surface area (TPSA) is 48.0 Å². The van der Waals surface area contributed by atoms with Crippen LogP contribution < -0.4 is 11.3 Å². The molecule has 2 aromatic carbocycles. The molecular formula is C17H12ClFN2O. The molecule has 0 amide bonds. The predicted octanol–water partition coefficient (Wildman–Crippen LogP) is 3.88. The average molecular weight is 315 g/mol. The van der Waals surface area contributed by atoms with Crippen LogP contribution in [0, 0.1) is 5.82 Å². The molecule has 2 N–H and O–H groups in total. The first-order chi connectivity index (χ1) is 10.6. The maximum atomic E-state index is 13.6. The maximum absolute atomic E-state index is 13.6. The number of nitrogens with zero attached hydrogens (tertiary/aromatic N) is 1. The summed E-state index contributed by atoms with van der Waals surface area (Å²) in [7, 11) is 0. The lowest BCUT2D eigenvalue weighted by Crippen LogP contribution is -2.21. The van der Waals surface area contributed by atoms with E-state index < -0.39 is 11.4 Å². The summed E-state index contributed by atoms with van der Waals surface area (Å²) in [6.45, 7) is 0. The highest BCUT2D eigenvalue weighted by Gasteiger charge is 2.11. The summed E-state index contributed by atoms with van der Waals surface area (Å²) in [5, 5.41) is 0.00526. The van der Waals surface area contributed by atoms with Gasteiger partial charge in [-0.15, -0.1) is 0 Å². The lowest BCUT2D eigenvalue weighted by Gasteiger charge is -2.11. The molecule has 0 aliphatic rings. The maximum Gasteiger partial charge on any atom is 0.278 e. The van der Waals surface area contributed by atoms with Crippen molar-refractivity contribution in [1.29, 1.82) is 0 Å². The third-order valence-corrected chi connectivity index (χ3v) is 3.70. The molecule has 0 saturated carbocycles. The molecule has 0 fully saturated rings. The number of hydrogen-bond donors (Lipinski definition) is 1. The molecule has 0 saturated heterocycles. The van der Waals surface area contributed by atoms with Crippen LogP contribution in [0.15, 0.2) is 65.6 Å². The van der Waals surface area contributed by atoms with Crippen LogP contribution in [0.1, 0.15) is 0 Å². The van der Waals surface area contributed by atoms with Crippen molar-refractivity contribution in [3.05, 3.63) is 82.0 Å².